The van der Waals surface area contributed by atoms with Crippen LogP contribution in [0.1, 0.15) is 40.9 Å². The van der Waals surface area contributed by atoms with Crippen LogP contribution in [-0.2, 0) is 6.18 Å². The van der Waals surface area contributed by atoms with Gasteiger partial charge in [-0.2, -0.15) is 18.3 Å². The molecule has 1 aromatic carbocycles. The molecule has 0 radical (unpaired) electrons. The minimum absolute atomic E-state index is 0. The monoisotopic (exact) mass is 402 g/mol. The Hall–Kier alpha value is -2.06. The van der Waals surface area contributed by atoms with Gasteiger partial charge in [-0.25, -0.2) is 4.68 Å². The van der Waals surface area contributed by atoms with Crippen molar-refractivity contribution < 1.29 is 18.0 Å². The highest BCUT2D eigenvalue weighted by molar-refractivity contribution is 5.95. The van der Waals surface area contributed by atoms with Crippen LogP contribution in [0, 0.1) is 12.8 Å². The molecule has 1 aliphatic rings. The minimum Gasteiger partial charge on any atom is -0.349 e. The van der Waals surface area contributed by atoms with Gasteiger partial charge in [0.1, 0.15) is 0 Å². The van der Waals surface area contributed by atoms with Crippen LogP contribution in [0.2, 0.25) is 0 Å². The lowest BCUT2D eigenvalue weighted by Crippen LogP contribution is -2.40. The van der Waals surface area contributed by atoms with Crippen LogP contribution in [0.25, 0.3) is 5.69 Å². The molecule has 1 fully saturated rings. The molecule has 3 rings (SSSR count). The molecule has 27 heavy (non-hydrogen) atoms. The van der Waals surface area contributed by atoms with Gasteiger partial charge in [0, 0.05) is 6.04 Å². The third kappa shape index (κ3) is 4.27. The molecule has 9 heteroatoms. The summed E-state index contributed by atoms with van der Waals surface area (Å²) < 4.78 is 41.9. The van der Waals surface area contributed by atoms with Gasteiger partial charge in [0.25, 0.3) is 5.91 Å². The Morgan fingerprint density at radius 2 is 2.04 bits per heavy atom. The molecular formula is C18H22ClF3N4O. The number of nitrogens with one attached hydrogen (secondary N) is 1. The van der Waals surface area contributed by atoms with Gasteiger partial charge >= 0.3 is 6.18 Å². The van der Waals surface area contributed by atoms with Gasteiger partial charge in [-0.3, -0.25) is 4.79 Å². The number of aromatic nitrogens is 2. The first-order valence-corrected chi connectivity index (χ1v) is 8.55. The summed E-state index contributed by atoms with van der Waals surface area (Å²) in [7, 11) is 0. The number of nitrogens with two attached hydrogens (primary N) is 1. The first-order chi connectivity index (χ1) is 12.3. The SMILES string of the molecule is Cc1ccccc1-n1ncc(C(=O)NC2CCCC2CN)c1C(F)(F)F.Cl. The van der Waals surface area contributed by atoms with Crippen molar-refractivity contribution in [3.8, 4) is 5.69 Å². The summed E-state index contributed by atoms with van der Waals surface area (Å²) in [6, 6.07) is 6.40. The summed E-state index contributed by atoms with van der Waals surface area (Å²) in [6.45, 7) is 2.10. The summed E-state index contributed by atoms with van der Waals surface area (Å²) in [6.07, 6.45) is -1.23. The van der Waals surface area contributed by atoms with Crippen LogP contribution in [-0.4, -0.2) is 28.3 Å². The summed E-state index contributed by atoms with van der Waals surface area (Å²) in [5.41, 5.74) is 5.08. The first-order valence-electron chi connectivity index (χ1n) is 8.55. The summed E-state index contributed by atoms with van der Waals surface area (Å²) >= 11 is 0. The number of hydrogen-bond acceptors (Lipinski definition) is 3. The van der Waals surface area contributed by atoms with Gasteiger partial charge in [0.15, 0.2) is 5.69 Å². The Morgan fingerprint density at radius 3 is 2.67 bits per heavy atom. The third-order valence-corrected chi connectivity index (χ3v) is 4.90. The average Bonchev–Trinajstić information content (AvgIpc) is 3.21. The maximum absolute atomic E-state index is 13.7. The van der Waals surface area contributed by atoms with Crippen molar-refractivity contribution in [2.45, 2.75) is 38.4 Å². The van der Waals surface area contributed by atoms with E-state index in [0.29, 0.717) is 17.8 Å². The van der Waals surface area contributed by atoms with E-state index in [9.17, 15) is 18.0 Å². The summed E-state index contributed by atoms with van der Waals surface area (Å²) in [4.78, 5) is 12.6. The fourth-order valence-corrected chi connectivity index (χ4v) is 3.53. The molecule has 2 unspecified atom stereocenters. The highest BCUT2D eigenvalue weighted by atomic mass is 35.5. The average molecular weight is 403 g/mol. The normalized spacial score (nSPS) is 19.6. The van der Waals surface area contributed by atoms with Gasteiger partial charge in [0.2, 0.25) is 0 Å². The number of carbonyl (C=O) groups excluding carboxylic acids is 1. The second kappa shape index (κ2) is 8.31. The van der Waals surface area contributed by atoms with E-state index in [2.05, 4.69) is 10.4 Å². The number of halogens is 4. The highest BCUT2D eigenvalue weighted by Crippen LogP contribution is 2.34. The van der Waals surface area contributed by atoms with E-state index in [1.54, 1.807) is 31.2 Å². The summed E-state index contributed by atoms with van der Waals surface area (Å²) in [5.74, 6) is -0.665. The molecule has 3 N–H and O–H groups in total. The van der Waals surface area contributed by atoms with E-state index in [1.165, 1.54) is 0 Å². The molecule has 1 aromatic heterocycles. The van der Waals surface area contributed by atoms with Crippen molar-refractivity contribution in [3.63, 3.8) is 0 Å². The van der Waals surface area contributed by atoms with Crippen molar-refractivity contribution in [3.05, 3.63) is 47.3 Å². The minimum atomic E-state index is -4.71. The molecule has 1 saturated carbocycles. The Morgan fingerprint density at radius 1 is 1.33 bits per heavy atom. The number of alkyl halides is 3. The number of para-hydroxylation sites is 1. The smallest absolute Gasteiger partial charge is 0.349 e. The fraction of sp³-hybridized carbons (Fsp3) is 0.444. The topological polar surface area (TPSA) is 72.9 Å². The lowest BCUT2D eigenvalue weighted by molar-refractivity contribution is -0.143. The van der Waals surface area contributed by atoms with E-state index in [-0.39, 0.29) is 24.4 Å². The van der Waals surface area contributed by atoms with Gasteiger partial charge < -0.3 is 11.1 Å². The maximum atomic E-state index is 13.7. The largest absolute Gasteiger partial charge is 0.434 e. The Kier molecular flexibility index (Phi) is 6.54. The molecule has 1 heterocycles. The molecule has 1 aliphatic carbocycles. The zero-order valence-corrected chi connectivity index (χ0v) is 15.6. The second-order valence-corrected chi connectivity index (χ2v) is 6.61. The molecule has 0 aliphatic heterocycles. The zero-order chi connectivity index (χ0) is 18.9. The van der Waals surface area contributed by atoms with Crippen LogP contribution in [0.5, 0.6) is 0 Å². The van der Waals surface area contributed by atoms with Crippen LogP contribution in [0.4, 0.5) is 13.2 Å². The van der Waals surface area contributed by atoms with E-state index >= 15 is 0 Å². The molecule has 0 saturated heterocycles. The zero-order valence-electron chi connectivity index (χ0n) is 14.8. The second-order valence-electron chi connectivity index (χ2n) is 6.61. The molecule has 2 atom stereocenters. The molecule has 1 amide bonds. The highest BCUT2D eigenvalue weighted by Gasteiger charge is 2.41. The standard InChI is InChI=1S/C18H21F3N4O.ClH/c1-11-5-2-3-8-15(11)25-16(18(19,20)21)13(10-23-25)17(26)24-14-7-4-6-12(14)9-22;/h2-3,5,8,10,12,14H,4,6-7,9,22H2,1H3,(H,24,26);1H. The summed E-state index contributed by atoms with van der Waals surface area (Å²) in [5, 5.41) is 6.58. The lowest BCUT2D eigenvalue weighted by Gasteiger charge is -2.20. The molecule has 5 nitrogen and oxygen atoms in total. The van der Waals surface area contributed by atoms with Crippen LogP contribution >= 0.6 is 12.4 Å². The molecule has 0 spiro atoms. The number of benzene rings is 1. The van der Waals surface area contributed by atoms with Gasteiger partial charge in [-0.15, -0.1) is 12.4 Å². The fourth-order valence-electron chi connectivity index (χ4n) is 3.53. The van der Waals surface area contributed by atoms with Gasteiger partial charge in [-0.1, -0.05) is 24.6 Å². The lowest BCUT2D eigenvalue weighted by atomic mass is 10.0. The molecule has 0 bridgehead atoms. The Balaban J connectivity index is 0.00000261. The third-order valence-electron chi connectivity index (χ3n) is 4.90. The molecule has 148 valence electrons. The maximum Gasteiger partial charge on any atom is 0.434 e. The Labute approximate surface area is 161 Å². The Bertz CT molecular complexity index is 806. The van der Waals surface area contributed by atoms with Gasteiger partial charge in [-0.05, 0) is 43.9 Å². The van der Waals surface area contributed by atoms with Crippen molar-refractivity contribution in [2.24, 2.45) is 11.7 Å². The molecule has 2 aromatic rings. The first kappa shape index (κ1) is 21.2. The van der Waals surface area contributed by atoms with E-state index in [1.807, 2.05) is 0 Å². The van der Waals surface area contributed by atoms with Crippen molar-refractivity contribution in [1.29, 1.82) is 0 Å². The molecular weight excluding hydrogens is 381 g/mol. The van der Waals surface area contributed by atoms with Gasteiger partial charge in [0.05, 0.1) is 17.4 Å². The van der Waals surface area contributed by atoms with E-state index in [4.69, 9.17) is 5.73 Å². The van der Waals surface area contributed by atoms with E-state index in [0.717, 1.165) is 30.1 Å². The van der Waals surface area contributed by atoms with Crippen molar-refractivity contribution in [1.82, 2.24) is 15.1 Å². The number of nitrogens with zero attached hydrogens (tertiary/aromatic N) is 2. The predicted molar refractivity (Wildman–Crippen MR) is 98.2 cm³/mol. The quantitative estimate of drug-likeness (QED) is 0.822. The number of hydrogen-bond donors (Lipinski definition) is 2. The number of rotatable bonds is 4. The van der Waals surface area contributed by atoms with E-state index < -0.39 is 23.3 Å². The predicted octanol–water partition coefficient (Wildman–Crippen LogP) is 3.48. The van der Waals surface area contributed by atoms with Crippen molar-refractivity contribution in [2.75, 3.05) is 6.54 Å². The van der Waals surface area contributed by atoms with Crippen LogP contribution in [0.15, 0.2) is 30.5 Å². The number of amides is 1. The van der Waals surface area contributed by atoms with Crippen molar-refractivity contribution >= 4 is 18.3 Å². The van der Waals surface area contributed by atoms with Crippen LogP contribution < -0.4 is 11.1 Å². The number of carbonyl (C=O) groups is 1. The van der Waals surface area contributed by atoms with Crippen LogP contribution in [0.3, 0.4) is 0 Å². The number of aryl methyl sites for hydroxylation is 1.